The number of halogens is 6. The van der Waals surface area contributed by atoms with Gasteiger partial charge in [-0.15, -0.1) is 0 Å². The molecule has 1 nitrogen and oxygen atoms in total. The van der Waals surface area contributed by atoms with Gasteiger partial charge in [0.15, 0.2) is 0 Å². The Bertz CT molecular complexity index is 271. The molecule has 2 unspecified atom stereocenters. The van der Waals surface area contributed by atoms with E-state index in [1.165, 1.54) is 13.8 Å². The lowest BCUT2D eigenvalue weighted by Crippen LogP contribution is -2.50. The Kier molecular flexibility index (Phi) is 3.72. The van der Waals surface area contributed by atoms with E-state index in [9.17, 15) is 26.3 Å². The Labute approximate surface area is 95.8 Å². The highest BCUT2D eigenvalue weighted by Gasteiger charge is 2.50. The van der Waals surface area contributed by atoms with E-state index < -0.39 is 36.9 Å². The van der Waals surface area contributed by atoms with Crippen LogP contribution in [-0.4, -0.2) is 35.4 Å². The van der Waals surface area contributed by atoms with Gasteiger partial charge < -0.3 is 0 Å². The van der Waals surface area contributed by atoms with Crippen LogP contribution < -0.4 is 0 Å². The van der Waals surface area contributed by atoms with Crippen LogP contribution in [0.3, 0.4) is 0 Å². The van der Waals surface area contributed by atoms with Crippen LogP contribution in [0.2, 0.25) is 0 Å². The molecule has 0 amide bonds. The van der Waals surface area contributed by atoms with Gasteiger partial charge in [-0.3, -0.25) is 4.90 Å². The molecule has 0 bridgehead atoms. The first kappa shape index (κ1) is 14.6. The standard InChI is InChI=1S/C10H15F6N/c1-7-3-4-8(2,5-9(11,12)13)17(7)6-10(14,15)16/h7H,3-6H2,1-2H3. The molecule has 1 aliphatic rings. The van der Waals surface area contributed by atoms with Crippen LogP contribution in [0.5, 0.6) is 0 Å². The number of rotatable bonds is 2. The van der Waals surface area contributed by atoms with Gasteiger partial charge >= 0.3 is 12.4 Å². The lowest BCUT2D eigenvalue weighted by molar-refractivity contribution is -0.185. The fourth-order valence-corrected chi connectivity index (χ4v) is 2.51. The molecule has 17 heavy (non-hydrogen) atoms. The Morgan fingerprint density at radius 1 is 1.12 bits per heavy atom. The van der Waals surface area contributed by atoms with Crippen molar-refractivity contribution >= 4 is 0 Å². The van der Waals surface area contributed by atoms with Gasteiger partial charge in [-0.05, 0) is 26.7 Å². The molecule has 1 heterocycles. The summed E-state index contributed by atoms with van der Waals surface area (Å²) >= 11 is 0. The molecular formula is C10H15F6N. The van der Waals surface area contributed by atoms with Gasteiger partial charge in [-0.2, -0.15) is 26.3 Å². The first-order chi connectivity index (χ1) is 7.43. The molecule has 0 aromatic rings. The summed E-state index contributed by atoms with van der Waals surface area (Å²) in [5, 5.41) is 0. The van der Waals surface area contributed by atoms with Gasteiger partial charge in [-0.1, -0.05) is 0 Å². The SMILES string of the molecule is CC1CCC(C)(CC(F)(F)F)N1CC(F)(F)F. The predicted molar refractivity (Wildman–Crippen MR) is 50.5 cm³/mol. The molecule has 0 radical (unpaired) electrons. The van der Waals surface area contributed by atoms with Crippen molar-refractivity contribution in [1.29, 1.82) is 0 Å². The van der Waals surface area contributed by atoms with E-state index in [0.29, 0.717) is 6.42 Å². The summed E-state index contributed by atoms with van der Waals surface area (Å²) in [5.74, 6) is 0. The van der Waals surface area contributed by atoms with Gasteiger partial charge in [0.25, 0.3) is 0 Å². The predicted octanol–water partition coefficient (Wildman–Crippen LogP) is 3.74. The van der Waals surface area contributed by atoms with Crippen LogP contribution in [0.4, 0.5) is 26.3 Å². The van der Waals surface area contributed by atoms with E-state index in [-0.39, 0.29) is 6.42 Å². The zero-order chi connectivity index (χ0) is 13.5. The Morgan fingerprint density at radius 2 is 1.65 bits per heavy atom. The molecule has 2 atom stereocenters. The first-order valence-corrected chi connectivity index (χ1v) is 5.33. The van der Waals surface area contributed by atoms with E-state index in [1.54, 1.807) is 0 Å². The summed E-state index contributed by atoms with van der Waals surface area (Å²) in [7, 11) is 0. The van der Waals surface area contributed by atoms with Crippen LogP contribution in [0, 0.1) is 0 Å². The number of hydrogen-bond acceptors (Lipinski definition) is 1. The normalized spacial score (nSPS) is 32.1. The lowest BCUT2D eigenvalue weighted by atomic mass is 9.94. The first-order valence-electron chi connectivity index (χ1n) is 5.33. The van der Waals surface area contributed by atoms with Crippen LogP contribution in [-0.2, 0) is 0 Å². The average Bonchev–Trinajstić information content (AvgIpc) is 2.27. The van der Waals surface area contributed by atoms with Crippen molar-refractivity contribution < 1.29 is 26.3 Å². The van der Waals surface area contributed by atoms with E-state index in [1.807, 2.05) is 0 Å². The molecule has 1 rings (SSSR count). The number of nitrogens with zero attached hydrogens (tertiary/aromatic N) is 1. The maximum atomic E-state index is 12.4. The highest BCUT2D eigenvalue weighted by atomic mass is 19.4. The summed E-state index contributed by atoms with van der Waals surface area (Å²) < 4.78 is 74.1. The van der Waals surface area contributed by atoms with Crippen molar-refractivity contribution in [2.75, 3.05) is 6.54 Å². The molecule has 1 aliphatic heterocycles. The van der Waals surface area contributed by atoms with Crippen molar-refractivity contribution in [2.45, 2.75) is 57.0 Å². The number of alkyl halides is 6. The van der Waals surface area contributed by atoms with E-state index in [2.05, 4.69) is 0 Å². The van der Waals surface area contributed by atoms with Gasteiger partial charge in [0.1, 0.15) is 0 Å². The highest BCUT2D eigenvalue weighted by molar-refractivity contribution is 4.98. The van der Waals surface area contributed by atoms with Crippen molar-refractivity contribution in [2.24, 2.45) is 0 Å². The average molecular weight is 263 g/mol. The molecule has 0 aliphatic carbocycles. The molecule has 102 valence electrons. The lowest BCUT2D eigenvalue weighted by Gasteiger charge is -2.38. The third-order valence-corrected chi connectivity index (χ3v) is 3.26. The number of likely N-dealkylation sites (tertiary alicyclic amines) is 1. The minimum Gasteiger partial charge on any atom is -0.286 e. The van der Waals surface area contributed by atoms with Gasteiger partial charge in [0, 0.05) is 11.6 Å². The second kappa shape index (κ2) is 4.33. The third-order valence-electron chi connectivity index (χ3n) is 3.26. The molecule has 7 heteroatoms. The maximum absolute atomic E-state index is 12.4. The van der Waals surface area contributed by atoms with Crippen molar-refractivity contribution in [1.82, 2.24) is 4.90 Å². The minimum atomic E-state index is -4.47. The van der Waals surface area contributed by atoms with Crippen molar-refractivity contribution in [3.05, 3.63) is 0 Å². The summed E-state index contributed by atoms with van der Waals surface area (Å²) in [6.45, 7) is 1.52. The number of hydrogen-bond donors (Lipinski definition) is 0. The smallest absolute Gasteiger partial charge is 0.286 e. The van der Waals surface area contributed by atoms with Gasteiger partial charge in [0.2, 0.25) is 0 Å². The van der Waals surface area contributed by atoms with Crippen molar-refractivity contribution in [3.8, 4) is 0 Å². The molecule has 1 fully saturated rings. The monoisotopic (exact) mass is 263 g/mol. The Hall–Kier alpha value is -0.460. The topological polar surface area (TPSA) is 3.24 Å². The van der Waals surface area contributed by atoms with Crippen molar-refractivity contribution in [3.63, 3.8) is 0 Å². The second-order valence-corrected chi connectivity index (χ2v) is 4.92. The van der Waals surface area contributed by atoms with Crippen LogP contribution in [0.15, 0.2) is 0 Å². The highest BCUT2D eigenvalue weighted by Crippen LogP contribution is 2.42. The molecule has 0 aromatic heterocycles. The van der Waals surface area contributed by atoms with Gasteiger partial charge in [-0.25, -0.2) is 0 Å². The molecule has 1 saturated heterocycles. The fraction of sp³-hybridized carbons (Fsp3) is 1.00. The van der Waals surface area contributed by atoms with E-state index in [0.717, 1.165) is 4.90 Å². The fourth-order valence-electron chi connectivity index (χ4n) is 2.51. The second-order valence-electron chi connectivity index (χ2n) is 4.92. The molecular weight excluding hydrogens is 248 g/mol. The molecule has 0 aromatic carbocycles. The van der Waals surface area contributed by atoms with Gasteiger partial charge in [0.05, 0.1) is 13.0 Å². The molecule has 0 saturated carbocycles. The summed E-state index contributed by atoms with van der Waals surface area (Å²) in [6, 6.07) is -0.469. The Morgan fingerprint density at radius 3 is 2.06 bits per heavy atom. The Balaban J connectivity index is 2.83. The quantitative estimate of drug-likeness (QED) is 0.686. The molecule has 0 spiro atoms. The molecule has 0 N–H and O–H groups in total. The summed E-state index contributed by atoms with van der Waals surface area (Å²) in [5.41, 5.74) is -1.44. The van der Waals surface area contributed by atoms with Crippen LogP contribution in [0.25, 0.3) is 0 Å². The minimum absolute atomic E-state index is 0.143. The maximum Gasteiger partial charge on any atom is 0.401 e. The van der Waals surface area contributed by atoms with E-state index in [4.69, 9.17) is 0 Å². The zero-order valence-corrected chi connectivity index (χ0v) is 9.62. The largest absolute Gasteiger partial charge is 0.401 e. The summed E-state index contributed by atoms with van der Waals surface area (Å²) in [6.07, 6.45) is -9.60. The summed E-state index contributed by atoms with van der Waals surface area (Å²) in [4.78, 5) is 0.931. The van der Waals surface area contributed by atoms with Crippen LogP contribution >= 0.6 is 0 Å². The van der Waals surface area contributed by atoms with E-state index >= 15 is 0 Å². The third kappa shape index (κ3) is 4.04. The zero-order valence-electron chi connectivity index (χ0n) is 9.62. The van der Waals surface area contributed by atoms with Crippen LogP contribution in [0.1, 0.15) is 33.1 Å².